The average Bonchev–Trinajstić information content (AvgIpc) is 3.49. The maximum absolute atomic E-state index is 13.9. The van der Waals surface area contributed by atoms with E-state index >= 15 is 0 Å². The Morgan fingerprint density at radius 3 is 2.74 bits per heavy atom. The lowest BCUT2D eigenvalue weighted by atomic mass is 9.69. The monoisotopic (exact) mass is 423 g/mol. The summed E-state index contributed by atoms with van der Waals surface area (Å²) in [5, 5.41) is 15.1. The Morgan fingerprint density at radius 2 is 2.06 bits per heavy atom. The van der Waals surface area contributed by atoms with E-state index in [1.807, 2.05) is 35.2 Å². The lowest BCUT2D eigenvalue weighted by Crippen LogP contribution is -2.61. The number of hydrogen-bond donors (Lipinski definition) is 1. The third kappa shape index (κ3) is 3.76. The van der Waals surface area contributed by atoms with E-state index in [0.717, 1.165) is 24.8 Å². The second-order valence-corrected chi connectivity index (χ2v) is 9.47. The number of amides is 2. The first kappa shape index (κ1) is 20.2. The zero-order valence-corrected chi connectivity index (χ0v) is 17.9. The van der Waals surface area contributed by atoms with Gasteiger partial charge >= 0.3 is 0 Å². The molecule has 2 amide bonds. The summed E-state index contributed by atoms with van der Waals surface area (Å²) in [7, 11) is 0. The normalized spacial score (nSPS) is 28.9. The summed E-state index contributed by atoms with van der Waals surface area (Å²) in [4.78, 5) is 30.5. The molecule has 7 nitrogen and oxygen atoms in total. The Kier molecular flexibility index (Phi) is 5.08. The number of carbonyl (C=O) groups is 2. The summed E-state index contributed by atoms with van der Waals surface area (Å²) in [6.45, 7) is 3.34. The summed E-state index contributed by atoms with van der Waals surface area (Å²) in [6, 6.07) is 11.1. The van der Waals surface area contributed by atoms with E-state index in [1.165, 1.54) is 0 Å². The number of aliphatic hydroxyl groups is 1. The van der Waals surface area contributed by atoms with Crippen LogP contribution in [-0.4, -0.2) is 57.6 Å². The van der Waals surface area contributed by atoms with E-state index in [9.17, 15) is 14.7 Å². The van der Waals surface area contributed by atoms with Crippen LogP contribution in [-0.2, 0) is 4.79 Å². The Labute approximate surface area is 182 Å². The fourth-order valence-electron chi connectivity index (χ4n) is 5.33. The van der Waals surface area contributed by atoms with Gasteiger partial charge in [-0.15, -0.1) is 0 Å². The Balaban J connectivity index is 1.43. The number of carbonyl (C=O) groups excluding carboxylic acids is 2. The number of nitrogens with zero attached hydrogens (tertiary/aromatic N) is 3. The van der Waals surface area contributed by atoms with Crippen molar-refractivity contribution in [1.29, 1.82) is 0 Å². The molecule has 1 N–H and O–H groups in total. The fourth-order valence-corrected chi connectivity index (χ4v) is 5.33. The molecule has 164 valence electrons. The fraction of sp³-hybridized carbons (Fsp3) is 0.542. The molecule has 7 heteroatoms. The molecule has 1 saturated carbocycles. The second-order valence-electron chi connectivity index (χ2n) is 9.47. The zero-order valence-electron chi connectivity index (χ0n) is 17.9. The van der Waals surface area contributed by atoms with Crippen molar-refractivity contribution >= 4 is 11.8 Å². The molecule has 31 heavy (non-hydrogen) atoms. The van der Waals surface area contributed by atoms with Gasteiger partial charge < -0.3 is 19.4 Å². The number of piperidine rings is 2. The molecule has 1 aliphatic carbocycles. The molecule has 0 radical (unpaired) electrons. The van der Waals surface area contributed by atoms with Gasteiger partial charge in [0, 0.05) is 25.7 Å². The van der Waals surface area contributed by atoms with E-state index in [2.05, 4.69) is 5.16 Å². The summed E-state index contributed by atoms with van der Waals surface area (Å²) < 4.78 is 5.17. The van der Waals surface area contributed by atoms with Crippen molar-refractivity contribution in [2.45, 2.75) is 51.2 Å². The predicted octanol–water partition coefficient (Wildman–Crippen LogP) is 2.95. The van der Waals surface area contributed by atoms with Crippen molar-refractivity contribution in [1.82, 2.24) is 15.0 Å². The van der Waals surface area contributed by atoms with Gasteiger partial charge in [-0.3, -0.25) is 9.59 Å². The van der Waals surface area contributed by atoms with Gasteiger partial charge in [-0.05, 0) is 50.5 Å². The van der Waals surface area contributed by atoms with E-state index in [-0.39, 0.29) is 23.6 Å². The highest BCUT2D eigenvalue weighted by Gasteiger charge is 2.54. The average molecular weight is 424 g/mol. The number of rotatable bonds is 4. The topological polar surface area (TPSA) is 86.9 Å². The number of aliphatic hydroxyl groups excluding tert-OH is 1. The minimum Gasteiger partial charge on any atom is -0.391 e. The lowest BCUT2D eigenvalue weighted by Gasteiger charge is -2.52. The molecule has 0 bridgehead atoms. The molecular formula is C24H29N3O4. The minimum atomic E-state index is -0.747. The van der Waals surface area contributed by atoms with Crippen LogP contribution < -0.4 is 0 Å². The largest absolute Gasteiger partial charge is 0.391 e. The number of aryl methyl sites for hydroxylation is 1. The van der Waals surface area contributed by atoms with E-state index in [4.69, 9.17) is 4.52 Å². The van der Waals surface area contributed by atoms with Crippen molar-refractivity contribution in [3.63, 3.8) is 0 Å². The molecule has 1 aromatic heterocycles. The summed E-state index contributed by atoms with van der Waals surface area (Å²) in [5.74, 6) is 0.553. The molecule has 3 fully saturated rings. The highest BCUT2D eigenvalue weighted by molar-refractivity contribution is 5.93. The van der Waals surface area contributed by atoms with Gasteiger partial charge in [-0.2, -0.15) is 0 Å². The maximum atomic E-state index is 13.9. The Bertz CT molecular complexity index is 970. The van der Waals surface area contributed by atoms with Gasteiger partial charge in [0.1, 0.15) is 0 Å². The third-order valence-electron chi connectivity index (χ3n) is 7.01. The van der Waals surface area contributed by atoms with Crippen molar-refractivity contribution in [2.75, 3.05) is 19.6 Å². The standard InChI is InChI=1S/C24H29N3O4/c1-16-12-20(31-25-16)22(29)26-11-5-10-24(15-26)13-19(28)21(18-6-3-2-4-7-18)27(23(24)30)14-17-8-9-17/h2-4,6-7,12,17,19,21,28H,5,8-11,13-15H2,1H3/t19-,21+,24-/m1/s1. The molecular weight excluding hydrogens is 394 g/mol. The van der Waals surface area contributed by atoms with Gasteiger partial charge in [-0.25, -0.2) is 0 Å². The number of aromatic nitrogens is 1. The Hall–Kier alpha value is -2.67. The molecule has 2 aliphatic heterocycles. The molecule has 3 aliphatic rings. The molecule has 3 atom stereocenters. The summed E-state index contributed by atoms with van der Waals surface area (Å²) >= 11 is 0. The maximum Gasteiger partial charge on any atom is 0.292 e. The highest BCUT2D eigenvalue weighted by Crippen LogP contribution is 2.47. The van der Waals surface area contributed by atoms with Gasteiger partial charge in [0.15, 0.2) is 0 Å². The second kappa shape index (κ2) is 7.79. The van der Waals surface area contributed by atoms with Crippen molar-refractivity contribution in [3.05, 3.63) is 53.4 Å². The smallest absolute Gasteiger partial charge is 0.292 e. The number of likely N-dealkylation sites (tertiary alicyclic amines) is 2. The van der Waals surface area contributed by atoms with Gasteiger partial charge in [0.2, 0.25) is 11.7 Å². The molecule has 3 heterocycles. The lowest BCUT2D eigenvalue weighted by molar-refractivity contribution is -0.164. The van der Waals surface area contributed by atoms with E-state index in [0.29, 0.717) is 44.1 Å². The minimum absolute atomic E-state index is 0.0739. The predicted molar refractivity (Wildman–Crippen MR) is 113 cm³/mol. The van der Waals surface area contributed by atoms with E-state index in [1.54, 1.807) is 17.9 Å². The van der Waals surface area contributed by atoms with E-state index < -0.39 is 11.5 Å². The van der Waals surface area contributed by atoms with Crippen LogP contribution in [0, 0.1) is 18.3 Å². The van der Waals surface area contributed by atoms with Crippen molar-refractivity contribution in [2.24, 2.45) is 11.3 Å². The number of benzene rings is 1. The molecule has 5 rings (SSSR count). The van der Waals surface area contributed by atoms with Crippen LogP contribution in [0.25, 0.3) is 0 Å². The third-order valence-corrected chi connectivity index (χ3v) is 7.01. The summed E-state index contributed by atoms with van der Waals surface area (Å²) in [5.41, 5.74) is 0.878. The SMILES string of the molecule is Cc1cc(C(=O)N2CCC[C@@]3(C[C@@H](O)[C@H](c4ccccc4)N(CC4CC4)C3=O)C2)on1. The molecule has 2 saturated heterocycles. The quantitative estimate of drug-likeness (QED) is 0.817. The zero-order chi connectivity index (χ0) is 21.6. The molecule has 0 unspecified atom stereocenters. The van der Waals surface area contributed by atoms with Gasteiger partial charge in [-0.1, -0.05) is 35.5 Å². The first-order valence-corrected chi connectivity index (χ1v) is 11.2. The number of hydrogen-bond acceptors (Lipinski definition) is 5. The highest BCUT2D eigenvalue weighted by atomic mass is 16.5. The van der Waals surface area contributed by atoms with Gasteiger partial charge in [0.25, 0.3) is 5.91 Å². The van der Waals surface area contributed by atoms with Crippen LogP contribution in [0.15, 0.2) is 40.9 Å². The van der Waals surface area contributed by atoms with Crippen LogP contribution in [0.4, 0.5) is 0 Å². The summed E-state index contributed by atoms with van der Waals surface area (Å²) in [6.07, 6.45) is 3.37. The van der Waals surface area contributed by atoms with Gasteiger partial charge in [0.05, 0.1) is 23.3 Å². The van der Waals surface area contributed by atoms with Crippen LogP contribution >= 0.6 is 0 Å². The first-order chi connectivity index (χ1) is 15.0. The van der Waals surface area contributed by atoms with Crippen LogP contribution in [0.5, 0.6) is 0 Å². The molecule has 1 spiro atoms. The Morgan fingerprint density at radius 1 is 1.29 bits per heavy atom. The molecule has 2 aromatic rings. The van der Waals surface area contributed by atoms with Crippen molar-refractivity contribution < 1.29 is 19.2 Å². The van der Waals surface area contributed by atoms with Crippen LogP contribution in [0.2, 0.25) is 0 Å². The van der Waals surface area contributed by atoms with Crippen LogP contribution in [0.1, 0.15) is 60.0 Å². The van der Waals surface area contributed by atoms with Crippen molar-refractivity contribution in [3.8, 4) is 0 Å². The van der Waals surface area contributed by atoms with Crippen LogP contribution in [0.3, 0.4) is 0 Å². The first-order valence-electron chi connectivity index (χ1n) is 11.2. The molecule has 1 aromatic carbocycles.